The lowest BCUT2D eigenvalue weighted by molar-refractivity contribution is -0.323. The van der Waals surface area contributed by atoms with Gasteiger partial charge in [-0.25, -0.2) is 0 Å². The largest absolute Gasteiger partial charge is 0.390 e. The zero-order valence-electron chi connectivity index (χ0n) is 13.8. The van der Waals surface area contributed by atoms with E-state index in [0.717, 1.165) is 44.9 Å². The van der Waals surface area contributed by atoms with Gasteiger partial charge in [0.2, 0.25) is 0 Å². The third kappa shape index (κ3) is 2.38. The molecule has 2 saturated carbocycles. The van der Waals surface area contributed by atoms with Gasteiger partial charge < -0.3 is 14.9 Å². The summed E-state index contributed by atoms with van der Waals surface area (Å²) >= 11 is 0. The standard InChI is InChI=1S/C18H29NO3/c1-16-10-11-18(21)15(14(16)8-9-17(16,2)20)7-6-13(22-18)5-3-4-12-19/h13-15,20-21H,3-11H2,1-2H3. The fraction of sp³-hybridized carbons (Fsp3) is 0.944. The number of hydrogen-bond acceptors (Lipinski definition) is 4. The van der Waals surface area contributed by atoms with Gasteiger partial charge >= 0.3 is 0 Å². The zero-order valence-corrected chi connectivity index (χ0v) is 13.8. The van der Waals surface area contributed by atoms with Crippen LogP contribution in [0, 0.1) is 28.6 Å². The predicted molar refractivity (Wildman–Crippen MR) is 82.7 cm³/mol. The average molecular weight is 307 g/mol. The molecule has 22 heavy (non-hydrogen) atoms. The molecule has 1 aliphatic heterocycles. The van der Waals surface area contributed by atoms with E-state index in [0.29, 0.717) is 18.8 Å². The Kier molecular flexibility index (Phi) is 4.04. The molecule has 1 saturated heterocycles. The fourth-order valence-electron chi connectivity index (χ4n) is 5.38. The highest BCUT2D eigenvalue weighted by molar-refractivity contribution is 5.11. The van der Waals surface area contributed by atoms with E-state index in [9.17, 15) is 10.2 Å². The molecule has 6 atom stereocenters. The van der Waals surface area contributed by atoms with Gasteiger partial charge in [0.05, 0.1) is 17.8 Å². The van der Waals surface area contributed by atoms with Crippen molar-refractivity contribution >= 4 is 0 Å². The SMILES string of the molecule is CC1(O)CCC2C3CCC(CCCC#N)OC3(O)CCC21C. The summed E-state index contributed by atoms with van der Waals surface area (Å²) in [5.74, 6) is -0.520. The number of fused-ring (bicyclic) bond motifs is 3. The van der Waals surface area contributed by atoms with Crippen molar-refractivity contribution in [3.05, 3.63) is 0 Å². The lowest BCUT2D eigenvalue weighted by Gasteiger charge is -2.56. The first kappa shape index (κ1) is 16.2. The van der Waals surface area contributed by atoms with Gasteiger partial charge in [0.1, 0.15) is 0 Å². The van der Waals surface area contributed by atoms with Crippen molar-refractivity contribution in [1.82, 2.24) is 0 Å². The molecular weight excluding hydrogens is 278 g/mol. The second kappa shape index (κ2) is 5.47. The number of nitrogens with zero attached hydrogens (tertiary/aromatic N) is 1. The van der Waals surface area contributed by atoms with Crippen LogP contribution in [-0.4, -0.2) is 27.7 Å². The van der Waals surface area contributed by atoms with E-state index in [2.05, 4.69) is 13.0 Å². The van der Waals surface area contributed by atoms with Crippen molar-refractivity contribution < 1.29 is 14.9 Å². The van der Waals surface area contributed by atoms with Crippen LogP contribution in [0.15, 0.2) is 0 Å². The third-order valence-corrected chi connectivity index (χ3v) is 7.04. The maximum absolute atomic E-state index is 11.1. The molecule has 3 aliphatic rings. The molecule has 0 spiro atoms. The molecule has 2 N–H and O–H groups in total. The summed E-state index contributed by atoms with van der Waals surface area (Å²) in [6.45, 7) is 4.16. The van der Waals surface area contributed by atoms with Gasteiger partial charge in [0.25, 0.3) is 0 Å². The average Bonchev–Trinajstić information content (AvgIpc) is 2.70. The normalized spacial score (nSPS) is 51.0. The van der Waals surface area contributed by atoms with Gasteiger partial charge in [-0.2, -0.15) is 5.26 Å². The van der Waals surface area contributed by atoms with Gasteiger partial charge in [0.15, 0.2) is 5.79 Å². The molecule has 124 valence electrons. The smallest absolute Gasteiger partial charge is 0.168 e. The second-order valence-electron chi connectivity index (χ2n) is 8.16. The van der Waals surface area contributed by atoms with Gasteiger partial charge in [-0.1, -0.05) is 6.92 Å². The van der Waals surface area contributed by atoms with Crippen molar-refractivity contribution in [3.63, 3.8) is 0 Å². The topological polar surface area (TPSA) is 73.5 Å². The summed E-state index contributed by atoms with van der Waals surface area (Å²) < 4.78 is 6.11. The Morgan fingerprint density at radius 3 is 2.59 bits per heavy atom. The third-order valence-electron chi connectivity index (χ3n) is 7.04. The molecular formula is C18H29NO3. The van der Waals surface area contributed by atoms with Crippen LogP contribution >= 0.6 is 0 Å². The Balaban J connectivity index is 1.72. The number of nitriles is 1. The van der Waals surface area contributed by atoms with E-state index in [-0.39, 0.29) is 17.4 Å². The molecule has 0 aromatic carbocycles. The zero-order chi connectivity index (χ0) is 16.0. The molecule has 0 amide bonds. The van der Waals surface area contributed by atoms with Crippen LogP contribution in [0.4, 0.5) is 0 Å². The first-order chi connectivity index (χ1) is 10.3. The van der Waals surface area contributed by atoms with Crippen LogP contribution in [-0.2, 0) is 4.74 Å². The molecule has 4 nitrogen and oxygen atoms in total. The number of aliphatic hydroxyl groups is 2. The van der Waals surface area contributed by atoms with Crippen LogP contribution < -0.4 is 0 Å². The van der Waals surface area contributed by atoms with E-state index in [1.54, 1.807) is 0 Å². The van der Waals surface area contributed by atoms with Crippen molar-refractivity contribution in [1.29, 1.82) is 5.26 Å². The Hall–Kier alpha value is -0.630. The van der Waals surface area contributed by atoms with E-state index < -0.39 is 11.4 Å². The van der Waals surface area contributed by atoms with Crippen molar-refractivity contribution in [3.8, 4) is 6.07 Å². The maximum atomic E-state index is 11.1. The predicted octanol–water partition coefficient (Wildman–Crippen LogP) is 3.13. The summed E-state index contributed by atoms with van der Waals surface area (Å²) in [5, 5.41) is 30.5. The molecule has 3 fully saturated rings. The molecule has 4 heteroatoms. The minimum atomic E-state index is -1.01. The minimum Gasteiger partial charge on any atom is -0.390 e. The lowest BCUT2D eigenvalue weighted by Crippen LogP contribution is -2.59. The second-order valence-corrected chi connectivity index (χ2v) is 8.16. The minimum absolute atomic E-state index is 0.0841. The Bertz CT molecular complexity index is 471. The van der Waals surface area contributed by atoms with Crippen LogP contribution in [0.25, 0.3) is 0 Å². The summed E-state index contributed by atoms with van der Waals surface area (Å²) in [6, 6.07) is 2.17. The van der Waals surface area contributed by atoms with Gasteiger partial charge in [-0.3, -0.25) is 0 Å². The highest BCUT2D eigenvalue weighted by Gasteiger charge is 2.63. The first-order valence-corrected chi connectivity index (χ1v) is 8.82. The summed E-state index contributed by atoms with van der Waals surface area (Å²) in [6.07, 6.45) is 7.55. The molecule has 0 aromatic rings. The number of hydrogen-bond donors (Lipinski definition) is 2. The van der Waals surface area contributed by atoms with Gasteiger partial charge in [-0.15, -0.1) is 0 Å². The maximum Gasteiger partial charge on any atom is 0.168 e. The van der Waals surface area contributed by atoms with Crippen LogP contribution in [0.5, 0.6) is 0 Å². The van der Waals surface area contributed by atoms with Gasteiger partial charge in [-0.05, 0) is 63.2 Å². The number of unbranched alkanes of at least 4 members (excludes halogenated alkanes) is 1. The van der Waals surface area contributed by atoms with Crippen molar-refractivity contribution in [2.75, 3.05) is 0 Å². The first-order valence-electron chi connectivity index (χ1n) is 8.82. The fourth-order valence-corrected chi connectivity index (χ4v) is 5.38. The van der Waals surface area contributed by atoms with Crippen LogP contribution in [0.2, 0.25) is 0 Å². The van der Waals surface area contributed by atoms with Crippen molar-refractivity contribution in [2.45, 2.75) is 89.1 Å². The Labute approximate surface area is 133 Å². The van der Waals surface area contributed by atoms with Crippen LogP contribution in [0.3, 0.4) is 0 Å². The van der Waals surface area contributed by atoms with E-state index >= 15 is 0 Å². The van der Waals surface area contributed by atoms with Crippen LogP contribution in [0.1, 0.15) is 71.6 Å². The highest BCUT2D eigenvalue weighted by atomic mass is 16.6. The lowest BCUT2D eigenvalue weighted by atomic mass is 9.56. The number of rotatable bonds is 3. The Morgan fingerprint density at radius 2 is 1.86 bits per heavy atom. The van der Waals surface area contributed by atoms with E-state index in [1.165, 1.54) is 0 Å². The summed E-state index contributed by atoms with van der Waals surface area (Å²) in [4.78, 5) is 0. The summed E-state index contributed by atoms with van der Waals surface area (Å²) in [5.41, 5.74) is -0.719. The number of ether oxygens (including phenoxy) is 1. The molecule has 0 bridgehead atoms. The summed E-state index contributed by atoms with van der Waals surface area (Å²) in [7, 11) is 0. The molecule has 3 rings (SSSR count). The highest BCUT2D eigenvalue weighted by Crippen LogP contribution is 2.63. The molecule has 1 heterocycles. The van der Waals surface area contributed by atoms with Gasteiger partial charge in [0, 0.05) is 18.8 Å². The van der Waals surface area contributed by atoms with Crippen molar-refractivity contribution in [2.24, 2.45) is 17.3 Å². The van der Waals surface area contributed by atoms with E-state index in [4.69, 9.17) is 10.00 Å². The van der Waals surface area contributed by atoms with E-state index in [1.807, 2.05) is 6.92 Å². The Morgan fingerprint density at radius 1 is 1.09 bits per heavy atom. The molecule has 0 radical (unpaired) electrons. The molecule has 6 unspecified atom stereocenters. The quantitative estimate of drug-likeness (QED) is 0.786. The molecule has 2 aliphatic carbocycles. The molecule has 0 aromatic heterocycles. The monoisotopic (exact) mass is 307 g/mol.